The SMILES string of the molecule is CC(C)C1CCCN1C(=O)c1cccc(S(N)(=O)=O)c1. The Bertz CT molecular complexity index is 611. The van der Waals surface area contributed by atoms with Crippen LogP contribution in [-0.4, -0.2) is 31.8 Å². The fourth-order valence-corrected chi connectivity index (χ4v) is 3.27. The molecule has 5 nitrogen and oxygen atoms in total. The summed E-state index contributed by atoms with van der Waals surface area (Å²) in [5.41, 5.74) is 0.379. The van der Waals surface area contributed by atoms with Crippen molar-refractivity contribution < 1.29 is 13.2 Å². The van der Waals surface area contributed by atoms with E-state index < -0.39 is 10.0 Å². The molecule has 1 amide bonds. The van der Waals surface area contributed by atoms with Gasteiger partial charge in [-0.1, -0.05) is 19.9 Å². The van der Waals surface area contributed by atoms with E-state index in [-0.39, 0.29) is 16.8 Å². The largest absolute Gasteiger partial charge is 0.335 e. The quantitative estimate of drug-likeness (QED) is 0.920. The van der Waals surface area contributed by atoms with Gasteiger partial charge in [0.1, 0.15) is 0 Å². The molecule has 110 valence electrons. The van der Waals surface area contributed by atoms with Gasteiger partial charge in [0.05, 0.1) is 4.90 Å². The van der Waals surface area contributed by atoms with Crippen molar-refractivity contribution in [2.75, 3.05) is 6.54 Å². The Balaban J connectivity index is 2.30. The highest BCUT2D eigenvalue weighted by Crippen LogP contribution is 2.26. The molecule has 6 heteroatoms. The van der Waals surface area contributed by atoms with Crippen molar-refractivity contribution in [2.45, 2.75) is 37.6 Å². The van der Waals surface area contributed by atoms with Crippen LogP contribution in [-0.2, 0) is 10.0 Å². The summed E-state index contributed by atoms with van der Waals surface area (Å²) >= 11 is 0. The number of benzene rings is 1. The molecule has 2 N–H and O–H groups in total. The van der Waals surface area contributed by atoms with Crippen molar-refractivity contribution in [3.8, 4) is 0 Å². The second kappa shape index (κ2) is 5.54. The molecule has 1 aromatic rings. The first-order valence-corrected chi connectivity index (χ1v) is 8.29. The van der Waals surface area contributed by atoms with Crippen LogP contribution in [0.1, 0.15) is 37.0 Å². The van der Waals surface area contributed by atoms with Crippen molar-refractivity contribution in [3.63, 3.8) is 0 Å². The van der Waals surface area contributed by atoms with E-state index >= 15 is 0 Å². The van der Waals surface area contributed by atoms with Gasteiger partial charge in [-0.25, -0.2) is 13.6 Å². The summed E-state index contributed by atoms with van der Waals surface area (Å²) in [5, 5.41) is 5.10. The van der Waals surface area contributed by atoms with Gasteiger partial charge in [0.2, 0.25) is 10.0 Å². The number of rotatable bonds is 3. The van der Waals surface area contributed by atoms with Gasteiger partial charge in [-0.2, -0.15) is 0 Å². The van der Waals surface area contributed by atoms with Crippen LogP contribution >= 0.6 is 0 Å². The van der Waals surface area contributed by atoms with Crippen LogP contribution in [0.5, 0.6) is 0 Å². The Morgan fingerprint density at radius 3 is 2.70 bits per heavy atom. The number of carbonyl (C=O) groups excluding carboxylic acids is 1. The third kappa shape index (κ3) is 3.02. The molecule has 1 aliphatic rings. The number of sulfonamides is 1. The molecule has 0 aromatic heterocycles. The van der Waals surface area contributed by atoms with Crippen LogP contribution in [0.3, 0.4) is 0 Å². The first-order chi connectivity index (χ1) is 9.30. The zero-order valence-electron chi connectivity index (χ0n) is 11.7. The molecule has 1 fully saturated rings. The highest BCUT2D eigenvalue weighted by molar-refractivity contribution is 7.89. The molecular weight excluding hydrogens is 276 g/mol. The number of hydrogen-bond acceptors (Lipinski definition) is 3. The molecule has 0 spiro atoms. The fourth-order valence-electron chi connectivity index (χ4n) is 2.71. The lowest BCUT2D eigenvalue weighted by molar-refractivity contribution is 0.0701. The molecule has 20 heavy (non-hydrogen) atoms. The molecule has 2 rings (SSSR count). The molecular formula is C14H20N2O3S. The van der Waals surface area contributed by atoms with Gasteiger partial charge in [0.15, 0.2) is 0 Å². The van der Waals surface area contributed by atoms with Crippen LogP contribution in [0.2, 0.25) is 0 Å². The van der Waals surface area contributed by atoms with E-state index in [1.165, 1.54) is 12.1 Å². The average molecular weight is 296 g/mol. The maximum Gasteiger partial charge on any atom is 0.254 e. The maximum absolute atomic E-state index is 12.5. The smallest absolute Gasteiger partial charge is 0.254 e. The minimum atomic E-state index is -3.78. The molecule has 1 aromatic carbocycles. The first-order valence-electron chi connectivity index (χ1n) is 6.74. The maximum atomic E-state index is 12.5. The van der Waals surface area contributed by atoms with E-state index in [4.69, 9.17) is 5.14 Å². The van der Waals surface area contributed by atoms with Crippen LogP contribution < -0.4 is 5.14 Å². The summed E-state index contributed by atoms with van der Waals surface area (Å²) in [7, 11) is -3.78. The molecule has 0 radical (unpaired) electrons. The summed E-state index contributed by atoms with van der Waals surface area (Å²) in [6, 6.07) is 6.16. The van der Waals surface area contributed by atoms with Gasteiger partial charge >= 0.3 is 0 Å². The van der Waals surface area contributed by atoms with Crippen molar-refractivity contribution in [1.29, 1.82) is 0 Å². The summed E-state index contributed by atoms with van der Waals surface area (Å²) in [4.78, 5) is 14.3. The molecule has 0 saturated carbocycles. The fraction of sp³-hybridized carbons (Fsp3) is 0.500. The highest BCUT2D eigenvalue weighted by atomic mass is 32.2. The Morgan fingerprint density at radius 1 is 1.40 bits per heavy atom. The molecule has 1 aliphatic heterocycles. The standard InChI is InChI=1S/C14H20N2O3S/c1-10(2)13-7-4-8-16(13)14(17)11-5-3-6-12(9-11)20(15,18)19/h3,5-6,9-10,13H,4,7-8H2,1-2H3,(H2,15,18,19). The average Bonchev–Trinajstić information content (AvgIpc) is 2.86. The number of nitrogens with two attached hydrogens (primary N) is 1. The van der Waals surface area contributed by atoms with Crippen LogP contribution in [0.4, 0.5) is 0 Å². The Hall–Kier alpha value is -1.40. The number of nitrogens with zero attached hydrogens (tertiary/aromatic N) is 1. The van der Waals surface area contributed by atoms with E-state index in [0.29, 0.717) is 11.5 Å². The number of carbonyl (C=O) groups is 1. The van der Waals surface area contributed by atoms with Gasteiger partial charge in [-0.3, -0.25) is 4.79 Å². The molecule has 1 heterocycles. The highest BCUT2D eigenvalue weighted by Gasteiger charge is 2.31. The third-order valence-electron chi connectivity index (χ3n) is 3.74. The Morgan fingerprint density at radius 2 is 2.10 bits per heavy atom. The lowest BCUT2D eigenvalue weighted by Crippen LogP contribution is -2.38. The molecule has 1 atom stereocenters. The lowest BCUT2D eigenvalue weighted by atomic mass is 10.0. The minimum Gasteiger partial charge on any atom is -0.335 e. The van der Waals surface area contributed by atoms with E-state index in [1.54, 1.807) is 12.1 Å². The van der Waals surface area contributed by atoms with E-state index in [0.717, 1.165) is 19.4 Å². The zero-order chi connectivity index (χ0) is 14.9. The second-order valence-electron chi connectivity index (χ2n) is 5.52. The topological polar surface area (TPSA) is 80.5 Å². The van der Waals surface area contributed by atoms with Gasteiger partial charge in [0, 0.05) is 18.2 Å². The number of amides is 1. The number of likely N-dealkylation sites (tertiary alicyclic amines) is 1. The second-order valence-corrected chi connectivity index (χ2v) is 7.09. The van der Waals surface area contributed by atoms with E-state index in [2.05, 4.69) is 13.8 Å². The lowest BCUT2D eigenvalue weighted by Gasteiger charge is -2.27. The van der Waals surface area contributed by atoms with Crippen LogP contribution in [0.15, 0.2) is 29.2 Å². The predicted octanol–water partition coefficient (Wildman–Crippen LogP) is 1.59. The summed E-state index contributed by atoms with van der Waals surface area (Å²) in [6.07, 6.45) is 1.99. The first kappa shape index (κ1) is 15.0. The predicted molar refractivity (Wildman–Crippen MR) is 76.7 cm³/mol. The summed E-state index contributed by atoms with van der Waals surface area (Å²) in [6.45, 7) is 4.91. The van der Waals surface area contributed by atoms with E-state index in [9.17, 15) is 13.2 Å². The molecule has 0 aliphatic carbocycles. The molecule has 1 saturated heterocycles. The minimum absolute atomic E-state index is 0.0244. The Kier molecular flexibility index (Phi) is 4.15. The monoisotopic (exact) mass is 296 g/mol. The van der Waals surface area contributed by atoms with E-state index in [1.807, 2.05) is 4.90 Å². The van der Waals surface area contributed by atoms with Crippen molar-refractivity contribution in [1.82, 2.24) is 4.90 Å². The summed E-state index contributed by atoms with van der Waals surface area (Å²) < 4.78 is 22.7. The number of hydrogen-bond donors (Lipinski definition) is 1. The van der Waals surface area contributed by atoms with Gasteiger partial charge in [-0.15, -0.1) is 0 Å². The molecule has 0 bridgehead atoms. The third-order valence-corrected chi connectivity index (χ3v) is 4.65. The van der Waals surface area contributed by atoms with Crippen molar-refractivity contribution in [2.24, 2.45) is 11.1 Å². The molecule has 1 unspecified atom stereocenters. The number of primary sulfonamides is 1. The Labute approximate surface area is 119 Å². The van der Waals surface area contributed by atoms with Gasteiger partial charge < -0.3 is 4.90 Å². The van der Waals surface area contributed by atoms with Crippen LogP contribution in [0.25, 0.3) is 0 Å². The van der Waals surface area contributed by atoms with Crippen LogP contribution in [0, 0.1) is 5.92 Å². The summed E-state index contributed by atoms with van der Waals surface area (Å²) in [5.74, 6) is 0.273. The van der Waals surface area contributed by atoms with Crippen molar-refractivity contribution in [3.05, 3.63) is 29.8 Å². The zero-order valence-corrected chi connectivity index (χ0v) is 12.6. The van der Waals surface area contributed by atoms with Crippen molar-refractivity contribution >= 4 is 15.9 Å². The van der Waals surface area contributed by atoms with Gasteiger partial charge in [-0.05, 0) is 37.0 Å². The van der Waals surface area contributed by atoms with Gasteiger partial charge in [0.25, 0.3) is 5.91 Å². The normalized spacial score (nSPS) is 19.6.